The van der Waals surface area contributed by atoms with Crippen molar-refractivity contribution in [1.29, 1.82) is 0 Å². The molecule has 0 radical (unpaired) electrons. The average molecular weight is 210 g/mol. The predicted molar refractivity (Wildman–Crippen MR) is 61.6 cm³/mol. The normalized spacial score (nSPS) is 11.7. The van der Waals surface area contributed by atoms with Gasteiger partial charge in [0.25, 0.3) is 0 Å². The van der Waals surface area contributed by atoms with Crippen LogP contribution < -0.4 is 0 Å². The monoisotopic (exact) mass is 210 g/mol. The second-order valence-corrected chi connectivity index (χ2v) is 6.17. The molecule has 0 amide bonds. The fourth-order valence-electron chi connectivity index (χ4n) is 1.11. The van der Waals surface area contributed by atoms with Crippen molar-refractivity contribution in [3.05, 3.63) is 17.8 Å². The fourth-order valence-corrected chi connectivity index (χ4v) is 1.95. The predicted octanol–water partition coefficient (Wildman–Crippen LogP) is 3.32. The number of hydrogen-bond acceptors (Lipinski definition) is 3. The Hall–Kier alpha value is -0.570. The summed E-state index contributed by atoms with van der Waals surface area (Å²) in [6.07, 6.45) is 2.15. The van der Waals surface area contributed by atoms with Crippen LogP contribution in [0.15, 0.2) is 17.2 Å². The first-order valence-corrected chi connectivity index (χ1v) is 5.84. The van der Waals surface area contributed by atoms with Gasteiger partial charge < -0.3 is 0 Å². The van der Waals surface area contributed by atoms with Crippen LogP contribution in [-0.2, 0) is 6.42 Å². The molecule has 0 aliphatic carbocycles. The van der Waals surface area contributed by atoms with Crippen molar-refractivity contribution in [2.45, 2.75) is 50.3 Å². The van der Waals surface area contributed by atoms with Crippen molar-refractivity contribution in [2.24, 2.45) is 0 Å². The lowest BCUT2D eigenvalue weighted by atomic mass is 10.2. The zero-order chi connectivity index (χ0) is 10.6. The molecule has 0 aliphatic heterocycles. The Morgan fingerprint density at radius 3 is 2.36 bits per heavy atom. The summed E-state index contributed by atoms with van der Waals surface area (Å²) < 4.78 is 0.209. The molecular weight excluding hydrogens is 192 g/mol. The molecule has 14 heavy (non-hydrogen) atoms. The molecule has 1 heterocycles. The van der Waals surface area contributed by atoms with E-state index < -0.39 is 0 Å². The second-order valence-electron chi connectivity index (χ2n) is 4.33. The average Bonchev–Trinajstić information content (AvgIpc) is 2.06. The molecule has 0 saturated carbocycles. The summed E-state index contributed by atoms with van der Waals surface area (Å²) in [7, 11) is 0. The standard InChI is InChI=1S/C11H18N2S/c1-5-6-9-7-8-10(13-12-9)14-11(2,3)4/h7-8H,5-6H2,1-4H3. The lowest BCUT2D eigenvalue weighted by Crippen LogP contribution is -2.07. The maximum atomic E-state index is 4.20. The molecule has 0 bridgehead atoms. The summed E-state index contributed by atoms with van der Waals surface area (Å²) in [5.41, 5.74) is 1.09. The van der Waals surface area contributed by atoms with Gasteiger partial charge >= 0.3 is 0 Å². The molecule has 2 nitrogen and oxygen atoms in total. The van der Waals surface area contributed by atoms with Crippen LogP contribution in [0.1, 0.15) is 39.8 Å². The van der Waals surface area contributed by atoms with Crippen molar-refractivity contribution < 1.29 is 0 Å². The van der Waals surface area contributed by atoms with E-state index in [1.807, 2.05) is 0 Å². The Balaban J connectivity index is 2.64. The maximum Gasteiger partial charge on any atom is 0.119 e. The van der Waals surface area contributed by atoms with Gasteiger partial charge in [0, 0.05) is 4.75 Å². The molecule has 0 spiro atoms. The number of aryl methyl sites for hydroxylation is 1. The molecule has 0 N–H and O–H groups in total. The molecule has 0 fully saturated rings. The van der Waals surface area contributed by atoms with Crippen molar-refractivity contribution in [3.8, 4) is 0 Å². The van der Waals surface area contributed by atoms with Gasteiger partial charge in [-0.2, -0.15) is 5.10 Å². The highest BCUT2D eigenvalue weighted by molar-refractivity contribution is 8.00. The lowest BCUT2D eigenvalue weighted by molar-refractivity contribution is 0.779. The van der Waals surface area contributed by atoms with Crippen molar-refractivity contribution in [2.75, 3.05) is 0 Å². The minimum absolute atomic E-state index is 0.209. The van der Waals surface area contributed by atoms with E-state index in [9.17, 15) is 0 Å². The van der Waals surface area contributed by atoms with Gasteiger partial charge in [-0.1, -0.05) is 45.9 Å². The molecule has 1 aromatic rings. The minimum Gasteiger partial charge on any atom is -0.155 e. The summed E-state index contributed by atoms with van der Waals surface area (Å²) in [5.74, 6) is 0. The SMILES string of the molecule is CCCc1ccc(SC(C)(C)C)nn1. The first-order valence-electron chi connectivity index (χ1n) is 5.03. The first-order chi connectivity index (χ1) is 6.51. The quantitative estimate of drug-likeness (QED) is 0.716. The van der Waals surface area contributed by atoms with Gasteiger partial charge in [-0.25, -0.2) is 0 Å². The Labute approximate surface area is 90.5 Å². The van der Waals surface area contributed by atoms with Crippen LogP contribution in [0.5, 0.6) is 0 Å². The zero-order valence-corrected chi connectivity index (χ0v) is 10.2. The van der Waals surface area contributed by atoms with E-state index in [2.05, 4.69) is 50.0 Å². The molecule has 1 aromatic heterocycles. The lowest BCUT2D eigenvalue weighted by Gasteiger charge is -2.15. The van der Waals surface area contributed by atoms with Gasteiger partial charge in [0.1, 0.15) is 5.03 Å². The Bertz CT molecular complexity index is 274. The summed E-state index contributed by atoms with van der Waals surface area (Å²) in [4.78, 5) is 0. The molecule has 0 unspecified atom stereocenters. The van der Waals surface area contributed by atoms with E-state index >= 15 is 0 Å². The molecular formula is C11H18N2S. The Morgan fingerprint density at radius 1 is 1.21 bits per heavy atom. The third-order valence-corrected chi connectivity index (χ3v) is 2.65. The second kappa shape index (κ2) is 4.78. The smallest absolute Gasteiger partial charge is 0.119 e. The maximum absolute atomic E-state index is 4.20. The van der Waals surface area contributed by atoms with Gasteiger partial charge in [0.15, 0.2) is 0 Å². The van der Waals surface area contributed by atoms with Crippen LogP contribution in [0.3, 0.4) is 0 Å². The molecule has 78 valence electrons. The van der Waals surface area contributed by atoms with Crippen LogP contribution in [0, 0.1) is 0 Å². The van der Waals surface area contributed by atoms with E-state index in [-0.39, 0.29) is 4.75 Å². The van der Waals surface area contributed by atoms with E-state index in [0.717, 1.165) is 23.6 Å². The van der Waals surface area contributed by atoms with Crippen LogP contribution in [0.4, 0.5) is 0 Å². The largest absolute Gasteiger partial charge is 0.155 e. The van der Waals surface area contributed by atoms with Gasteiger partial charge in [0.2, 0.25) is 0 Å². The molecule has 0 saturated heterocycles. The molecule has 3 heteroatoms. The van der Waals surface area contributed by atoms with Gasteiger partial charge in [0.05, 0.1) is 5.69 Å². The van der Waals surface area contributed by atoms with Gasteiger partial charge in [-0.05, 0) is 18.6 Å². The number of rotatable bonds is 3. The molecule has 0 atom stereocenters. The number of hydrogen-bond donors (Lipinski definition) is 0. The van der Waals surface area contributed by atoms with Crippen LogP contribution in [-0.4, -0.2) is 14.9 Å². The summed E-state index contributed by atoms with van der Waals surface area (Å²) >= 11 is 1.75. The number of nitrogens with zero attached hydrogens (tertiary/aromatic N) is 2. The van der Waals surface area contributed by atoms with E-state index in [1.54, 1.807) is 11.8 Å². The summed E-state index contributed by atoms with van der Waals surface area (Å²) in [5, 5.41) is 9.39. The van der Waals surface area contributed by atoms with Gasteiger partial charge in [-0.15, -0.1) is 5.10 Å². The van der Waals surface area contributed by atoms with Gasteiger partial charge in [-0.3, -0.25) is 0 Å². The zero-order valence-electron chi connectivity index (χ0n) is 9.37. The highest BCUT2D eigenvalue weighted by Gasteiger charge is 2.12. The highest BCUT2D eigenvalue weighted by Crippen LogP contribution is 2.29. The van der Waals surface area contributed by atoms with Crippen molar-refractivity contribution in [3.63, 3.8) is 0 Å². The summed E-state index contributed by atoms with van der Waals surface area (Å²) in [6, 6.07) is 4.14. The topological polar surface area (TPSA) is 25.8 Å². The van der Waals surface area contributed by atoms with E-state index in [1.165, 1.54) is 0 Å². The fraction of sp³-hybridized carbons (Fsp3) is 0.636. The minimum atomic E-state index is 0.209. The third-order valence-electron chi connectivity index (χ3n) is 1.61. The molecule has 0 aromatic carbocycles. The summed E-state index contributed by atoms with van der Waals surface area (Å²) in [6.45, 7) is 8.69. The first kappa shape index (κ1) is 11.5. The van der Waals surface area contributed by atoms with E-state index in [4.69, 9.17) is 0 Å². The van der Waals surface area contributed by atoms with Crippen molar-refractivity contribution in [1.82, 2.24) is 10.2 Å². The number of thioether (sulfide) groups is 1. The highest BCUT2D eigenvalue weighted by atomic mass is 32.2. The van der Waals surface area contributed by atoms with Crippen LogP contribution >= 0.6 is 11.8 Å². The molecule has 0 aliphatic rings. The number of aromatic nitrogens is 2. The van der Waals surface area contributed by atoms with E-state index in [0.29, 0.717) is 0 Å². The van der Waals surface area contributed by atoms with Crippen molar-refractivity contribution >= 4 is 11.8 Å². The van der Waals surface area contributed by atoms with Crippen LogP contribution in [0.25, 0.3) is 0 Å². The molecule has 1 rings (SSSR count). The Morgan fingerprint density at radius 2 is 1.93 bits per heavy atom. The third kappa shape index (κ3) is 4.09. The Kier molecular flexibility index (Phi) is 3.93. The van der Waals surface area contributed by atoms with Crippen LogP contribution in [0.2, 0.25) is 0 Å².